The van der Waals surface area contributed by atoms with Crippen molar-refractivity contribution in [2.75, 3.05) is 11.4 Å². The number of hydrogen-bond donors (Lipinski definition) is 1. The average Bonchev–Trinajstić information content (AvgIpc) is 2.82. The van der Waals surface area contributed by atoms with Gasteiger partial charge in [0.25, 0.3) is 5.91 Å². The van der Waals surface area contributed by atoms with Crippen molar-refractivity contribution in [1.82, 2.24) is 15.1 Å². The van der Waals surface area contributed by atoms with Crippen molar-refractivity contribution >= 4 is 17.5 Å². The summed E-state index contributed by atoms with van der Waals surface area (Å²) in [6.45, 7) is 5.91. The number of carbonyl (C=O) groups is 2. The zero-order chi connectivity index (χ0) is 14.9. The summed E-state index contributed by atoms with van der Waals surface area (Å²) in [7, 11) is 1.82. The van der Waals surface area contributed by atoms with Crippen LogP contribution in [0.15, 0.2) is 6.20 Å². The van der Waals surface area contributed by atoms with Gasteiger partial charge in [0.1, 0.15) is 12.1 Å². The highest BCUT2D eigenvalue weighted by atomic mass is 16.2. The zero-order valence-corrected chi connectivity index (χ0v) is 12.6. The summed E-state index contributed by atoms with van der Waals surface area (Å²) in [5.74, 6) is -0.149. The maximum absolute atomic E-state index is 12.8. The molecule has 2 amide bonds. The predicted octanol–water partition coefficient (Wildman–Crippen LogP) is 1.00. The number of nitrogens with zero attached hydrogens (tertiary/aromatic N) is 3. The number of amides is 2. The van der Waals surface area contributed by atoms with Crippen molar-refractivity contribution < 1.29 is 9.59 Å². The van der Waals surface area contributed by atoms with E-state index in [2.05, 4.69) is 10.4 Å². The smallest absolute Gasteiger partial charge is 0.253 e. The van der Waals surface area contributed by atoms with Crippen LogP contribution in [-0.2, 0) is 23.1 Å². The Bertz CT molecular complexity index is 531. The molecule has 1 N–H and O–H groups in total. The SMILES string of the molecule is CCc1nn(C)cc1N1CC(=O)NC(CC)(CC)C1=O. The largest absolute Gasteiger partial charge is 0.340 e. The molecular weight excluding hydrogens is 256 g/mol. The highest BCUT2D eigenvalue weighted by Crippen LogP contribution is 2.28. The highest BCUT2D eigenvalue weighted by Gasteiger charge is 2.45. The third-order valence-electron chi connectivity index (χ3n) is 4.05. The summed E-state index contributed by atoms with van der Waals surface area (Å²) in [5, 5.41) is 7.22. The molecule has 6 nitrogen and oxygen atoms in total. The molecule has 0 spiro atoms. The van der Waals surface area contributed by atoms with Gasteiger partial charge in [-0.25, -0.2) is 0 Å². The lowest BCUT2D eigenvalue weighted by atomic mass is 9.88. The maximum Gasteiger partial charge on any atom is 0.253 e. The number of anilines is 1. The second kappa shape index (κ2) is 5.26. The molecule has 0 aromatic carbocycles. The third kappa shape index (κ3) is 2.19. The van der Waals surface area contributed by atoms with Gasteiger partial charge in [-0.3, -0.25) is 19.2 Å². The first-order valence-electron chi connectivity index (χ1n) is 7.12. The van der Waals surface area contributed by atoms with Crippen molar-refractivity contribution in [2.24, 2.45) is 7.05 Å². The van der Waals surface area contributed by atoms with Crippen LogP contribution in [0.5, 0.6) is 0 Å². The van der Waals surface area contributed by atoms with E-state index in [9.17, 15) is 9.59 Å². The van der Waals surface area contributed by atoms with Crippen LogP contribution < -0.4 is 10.2 Å². The van der Waals surface area contributed by atoms with Gasteiger partial charge < -0.3 is 5.32 Å². The van der Waals surface area contributed by atoms with Crippen LogP contribution in [0, 0.1) is 0 Å². The Labute approximate surface area is 119 Å². The van der Waals surface area contributed by atoms with E-state index in [1.54, 1.807) is 9.58 Å². The number of aromatic nitrogens is 2. The Kier molecular flexibility index (Phi) is 3.83. The average molecular weight is 278 g/mol. The first-order valence-corrected chi connectivity index (χ1v) is 7.12. The van der Waals surface area contributed by atoms with Crippen molar-refractivity contribution in [3.05, 3.63) is 11.9 Å². The van der Waals surface area contributed by atoms with Gasteiger partial charge in [0.2, 0.25) is 5.91 Å². The summed E-state index contributed by atoms with van der Waals surface area (Å²) in [6, 6.07) is 0. The Balaban J connectivity index is 2.44. The molecule has 6 heteroatoms. The Hall–Kier alpha value is -1.85. The highest BCUT2D eigenvalue weighted by molar-refractivity contribution is 6.09. The van der Waals surface area contributed by atoms with Crippen LogP contribution >= 0.6 is 0 Å². The van der Waals surface area contributed by atoms with E-state index in [0.29, 0.717) is 12.8 Å². The quantitative estimate of drug-likeness (QED) is 0.893. The third-order valence-corrected chi connectivity index (χ3v) is 4.05. The molecule has 0 saturated carbocycles. The van der Waals surface area contributed by atoms with E-state index in [1.807, 2.05) is 34.0 Å². The van der Waals surface area contributed by atoms with Gasteiger partial charge in [0.05, 0.1) is 11.4 Å². The van der Waals surface area contributed by atoms with Crippen LogP contribution in [-0.4, -0.2) is 33.7 Å². The van der Waals surface area contributed by atoms with Gasteiger partial charge in [-0.1, -0.05) is 20.8 Å². The Morgan fingerprint density at radius 2 is 1.95 bits per heavy atom. The molecule has 1 aliphatic heterocycles. The van der Waals surface area contributed by atoms with Crippen LogP contribution in [0.1, 0.15) is 39.3 Å². The molecule has 1 saturated heterocycles. The van der Waals surface area contributed by atoms with Crippen molar-refractivity contribution in [3.63, 3.8) is 0 Å². The first kappa shape index (κ1) is 14.6. The molecule has 2 heterocycles. The molecule has 0 aliphatic carbocycles. The fourth-order valence-electron chi connectivity index (χ4n) is 2.76. The molecule has 0 atom stereocenters. The summed E-state index contributed by atoms with van der Waals surface area (Å²) < 4.78 is 1.69. The normalized spacial score (nSPS) is 18.3. The fourth-order valence-corrected chi connectivity index (χ4v) is 2.76. The minimum Gasteiger partial charge on any atom is -0.340 e. The van der Waals surface area contributed by atoms with E-state index >= 15 is 0 Å². The van der Waals surface area contributed by atoms with Gasteiger partial charge in [-0.15, -0.1) is 0 Å². The van der Waals surface area contributed by atoms with Gasteiger partial charge in [-0.05, 0) is 19.3 Å². The molecule has 0 radical (unpaired) electrons. The van der Waals surface area contributed by atoms with Crippen LogP contribution in [0.3, 0.4) is 0 Å². The van der Waals surface area contributed by atoms with Gasteiger partial charge in [0, 0.05) is 13.2 Å². The predicted molar refractivity (Wildman–Crippen MR) is 76.4 cm³/mol. The Morgan fingerprint density at radius 1 is 1.30 bits per heavy atom. The second-order valence-electron chi connectivity index (χ2n) is 5.22. The summed E-state index contributed by atoms with van der Waals surface area (Å²) in [4.78, 5) is 26.4. The Morgan fingerprint density at radius 3 is 2.50 bits per heavy atom. The molecule has 1 aromatic rings. The number of piperazine rings is 1. The fraction of sp³-hybridized carbons (Fsp3) is 0.643. The van der Waals surface area contributed by atoms with Crippen LogP contribution in [0.4, 0.5) is 5.69 Å². The molecule has 1 aromatic heterocycles. The molecule has 1 aliphatic rings. The van der Waals surface area contributed by atoms with E-state index in [-0.39, 0.29) is 18.4 Å². The zero-order valence-electron chi connectivity index (χ0n) is 12.6. The number of carbonyl (C=O) groups excluding carboxylic acids is 2. The number of nitrogens with one attached hydrogen (secondary N) is 1. The summed E-state index contributed by atoms with van der Waals surface area (Å²) in [5.41, 5.74) is 0.814. The molecular formula is C14H22N4O2. The maximum atomic E-state index is 12.8. The monoisotopic (exact) mass is 278 g/mol. The molecule has 20 heavy (non-hydrogen) atoms. The minimum absolute atomic E-state index is 0.0372. The van der Waals surface area contributed by atoms with Crippen molar-refractivity contribution in [3.8, 4) is 0 Å². The lowest BCUT2D eigenvalue weighted by Gasteiger charge is -2.40. The standard InChI is InChI=1S/C14H22N4O2/c1-5-10-11(8-17(4)16-10)18-9-12(19)15-14(6-2,7-3)13(18)20/h8H,5-7,9H2,1-4H3,(H,15,19). The molecule has 0 unspecified atom stereocenters. The molecule has 1 fully saturated rings. The van der Waals surface area contributed by atoms with Gasteiger partial charge in [-0.2, -0.15) is 5.10 Å². The van der Waals surface area contributed by atoms with Crippen LogP contribution in [0.25, 0.3) is 0 Å². The summed E-state index contributed by atoms with van der Waals surface area (Å²) in [6.07, 6.45) is 3.72. The lowest BCUT2D eigenvalue weighted by Crippen LogP contribution is -2.66. The number of rotatable bonds is 4. The number of hydrogen-bond acceptors (Lipinski definition) is 3. The van der Waals surface area contributed by atoms with E-state index in [1.165, 1.54) is 0 Å². The van der Waals surface area contributed by atoms with Gasteiger partial charge >= 0.3 is 0 Å². The van der Waals surface area contributed by atoms with Gasteiger partial charge in [0.15, 0.2) is 0 Å². The van der Waals surface area contributed by atoms with Crippen LogP contribution in [0.2, 0.25) is 0 Å². The molecule has 110 valence electrons. The second-order valence-corrected chi connectivity index (χ2v) is 5.22. The number of aryl methyl sites for hydroxylation is 2. The van der Waals surface area contributed by atoms with E-state index in [0.717, 1.165) is 17.8 Å². The topological polar surface area (TPSA) is 67.2 Å². The lowest BCUT2D eigenvalue weighted by molar-refractivity contribution is -0.136. The van der Waals surface area contributed by atoms with E-state index in [4.69, 9.17) is 0 Å². The van der Waals surface area contributed by atoms with Crippen molar-refractivity contribution in [1.29, 1.82) is 0 Å². The first-order chi connectivity index (χ1) is 9.47. The molecule has 2 rings (SSSR count). The van der Waals surface area contributed by atoms with Crippen molar-refractivity contribution in [2.45, 2.75) is 45.6 Å². The molecule has 0 bridgehead atoms. The van der Waals surface area contributed by atoms with E-state index < -0.39 is 5.54 Å². The summed E-state index contributed by atoms with van der Waals surface area (Å²) >= 11 is 0. The minimum atomic E-state index is -0.782.